The highest BCUT2D eigenvalue weighted by molar-refractivity contribution is 7.85. The first-order chi connectivity index (χ1) is 8.43. The second-order valence-electron chi connectivity index (χ2n) is 3.61. The van der Waals surface area contributed by atoms with Gasteiger partial charge in [0.25, 0.3) is 15.3 Å². The molecule has 0 saturated carbocycles. The SMILES string of the molecule is CCCCOC(=S)Nc1ccc(S(=O)(=O)O)cc1. The van der Waals surface area contributed by atoms with Crippen LogP contribution in [0.5, 0.6) is 0 Å². The Balaban J connectivity index is 2.56. The molecule has 5 nitrogen and oxygen atoms in total. The number of hydrogen-bond acceptors (Lipinski definition) is 4. The molecule has 0 unspecified atom stereocenters. The summed E-state index contributed by atoms with van der Waals surface area (Å²) < 4.78 is 35.7. The normalized spacial score (nSPS) is 11.0. The van der Waals surface area contributed by atoms with Crippen LogP contribution in [0.3, 0.4) is 0 Å². The molecule has 0 saturated heterocycles. The van der Waals surface area contributed by atoms with E-state index in [0.717, 1.165) is 12.8 Å². The van der Waals surface area contributed by atoms with Crippen molar-refractivity contribution in [2.75, 3.05) is 11.9 Å². The van der Waals surface area contributed by atoms with Gasteiger partial charge in [0.1, 0.15) is 0 Å². The molecule has 0 atom stereocenters. The molecule has 7 heteroatoms. The molecule has 1 rings (SSSR count). The van der Waals surface area contributed by atoms with Crippen molar-refractivity contribution in [3.8, 4) is 0 Å². The Bertz CT molecular complexity index is 496. The van der Waals surface area contributed by atoms with E-state index in [0.29, 0.717) is 12.3 Å². The molecule has 18 heavy (non-hydrogen) atoms. The van der Waals surface area contributed by atoms with E-state index in [2.05, 4.69) is 5.32 Å². The lowest BCUT2D eigenvalue weighted by Gasteiger charge is -2.09. The Kier molecular flexibility index (Phi) is 5.52. The summed E-state index contributed by atoms with van der Waals surface area (Å²) in [5.74, 6) is 0. The number of benzene rings is 1. The number of ether oxygens (including phenoxy) is 1. The quantitative estimate of drug-likeness (QED) is 0.492. The van der Waals surface area contributed by atoms with Gasteiger partial charge in [-0.3, -0.25) is 4.55 Å². The van der Waals surface area contributed by atoms with Crippen LogP contribution in [0.25, 0.3) is 0 Å². The van der Waals surface area contributed by atoms with Crippen molar-refractivity contribution in [1.82, 2.24) is 0 Å². The van der Waals surface area contributed by atoms with Gasteiger partial charge in [0.2, 0.25) is 0 Å². The van der Waals surface area contributed by atoms with Gasteiger partial charge >= 0.3 is 0 Å². The maximum absolute atomic E-state index is 10.8. The molecule has 0 heterocycles. The van der Waals surface area contributed by atoms with Crippen molar-refractivity contribution in [3.63, 3.8) is 0 Å². The van der Waals surface area contributed by atoms with Crippen LogP contribution < -0.4 is 5.32 Å². The largest absolute Gasteiger partial charge is 0.471 e. The fourth-order valence-corrected chi connectivity index (χ4v) is 1.85. The average molecular weight is 289 g/mol. The minimum Gasteiger partial charge on any atom is -0.471 e. The van der Waals surface area contributed by atoms with E-state index in [4.69, 9.17) is 21.5 Å². The van der Waals surface area contributed by atoms with Gasteiger partial charge in [-0.1, -0.05) is 13.3 Å². The van der Waals surface area contributed by atoms with E-state index < -0.39 is 10.1 Å². The van der Waals surface area contributed by atoms with E-state index >= 15 is 0 Å². The number of thiocarbonyl (C=S) groups is 1. The molecule has 1 aromatic rings. The number of hydrogen-bond donors (Lipinski definition) is 2. The zero-order valence-corrected chi connectivity index (χ0v) is 11.6. The van der Waals surface area contributed by atoms with Crippen molar-refractivity contribution in [2.24, 2.45) is 0 Å². The molecular weight excluding hydrogens is 274 g/mol. The predicted octanol–water partition coefficient (Wildman–Crippen LogP) is 2.45. The summed E-state index contributed by atoms with van der Waals surface area (Å²) in [6, 6.07) is 5.57. The molecule has 0 radical (unpaired) electrons. The highest BCUT2D eigenvalue weighted by Gasteiger charge is 2.08. The molecule has 0 aliphatic heterocycles. The molecule has 0 aliphatic carbocycles. The minimum absolute atomic E-state index is 0.161. The summed E-state index contributed by atoms with van der Waals surface area (Å²) in [5, 5.41) is 3.05. The maximum Gasteiger partial charge on any atom is 0.294 e. The summed E-state index contributed by atoms with van der Waals surface area (Å²) in [6.07, 6.45) is 1.94. The molecule has 100 valence electrons. The molecule has 1 aromatic carbocycles. The fraction of sp³-hybridized carbons (Fsp3) is 0.364. The van der Waals surface area contributed by atoms with Crippen LogP contribution in [-0.4, -0.2) is 24.8 Å². The Labute approximate surface area is 112 Å². The van der Waals surface area contributed by atoms with E-state index in [1.807, 2.05) is 6.92 Å². The number of nitrogens with one attached hydrogen (secondary N) is 1. The molecule has 0 amide bonds. The lowest BCUT2D eigenvalue weighted by atomic mass is 10.3. The second kappa shape index (κ2) is 6.67. The Morgan fingerprint density at radius 3 is 2.50 bits per heavy atom. The third-order valence-electron chi connectivity index (χ3n) is 2.13. The zero-order valence-electron chi connectivity index (χ0n) is 9.92. The third-order valence-corrected chi connectivity index (χ3v) is 3.22. The molecule has 0 spiro atoms. The van der Waals surface area contributed by atoms with Crippen LogP contribution in [0.2, 0.25) is 0 Å². The number of anilines is 1. The highest BCUT2D eigenvalue weighted by atomic mass is 32.2. The summed E-state index contributed by atoms with van der Waals surface area (Å²) in [6.45, 7) is 2.60. The topological polar surface area (TPSA) is 75.6 Å². The Morgan fingerprint density at radius 2 is 2.00 bits per heavy atom. The van der Waals surface area contributed by atoms with Gasteiger partial charge in [-0.25, -0.2) is 0 Å². The van der Waals surface area contributed by atoms with Gasteiger partial charge in [0, 0.05) is 5.69 Å². The molecule has 0 aliphatic rings. The van der Waals surface area contributed by atoms with Gasteiger partial charge in [0.15, 0.2) is 0 Å². The van der Waals surface area contributed by atoms with Crippen LogP contribution in [0.15, 0.2) is 29.2 Å². The van der Waals surface area contributed by atoms with E-state index in [-0.39, 0.29) is 10.1 Å². The first kappa shape index (κ1) is 14.9. The van der Waals surface area contributed by atoms with Gasteiger partial charge in [-0.15, -0.1) is 0 Å². The second-order valence-corrected chi connectivity index (χ2v) is 5.41. The van der Waals surface area contributed by atoms with Crippen molar-refractivity contribution < 1.29 is 17.7 Å². The average Bonchev–Trinajstić information content (AvgIpc) is 2.29. The first-order valence-electron chi connectivity index (χ1n) is 5.45. The Hall–Kier alpha value is -1.18. The number of rotatable bonds is 5. The third kappa shape index (κ3) is 4.99. The van der Waals surface area contributed by atoms with E-state index in [1.165, 1.54) is 24.3 Å². The summed E-state index contributed by atoms with van der Waals surface area (Å²) >= 11 is 4.95. The lowest BCUT2D eigenvalue weighted by molar-refractivity contribution is 0.304. The minimum atomic E-state index is -4.16. The summed E-state index contributed by atoms with van der Waals surface area (Å²) in [5.41, 5.74) is 0.601. The van der Waals surface area contributed by atoms with Gasteiger partial charge in [-0.2, -0.15) is 8.42 Å². The van der Waals surface area contributed by atoms with E-state index in [9.17, 15) is 8.42 Å². The standard InChI is InChI=1S/C11H15NO4S2/c1-2-3-8-16-11(17)12-9-4-6-10(7-5-9)18(13,14)15/h4-7H,2-3,8H2,1H3,(H,12,17)(H,13,14,15). The lowest BCUT2D eigenvalue weighted by Crippen LogP contribution is -2.14. The summed E-state index contributed by atoms with van der Waals surface area (Å²) in [7, 11) is -4.16. The predicted molar refractivity (Wildman–Crippen MR) is 73.3 cm³/mol. The summed E-state index contributed by atoms with van der Waals surface area (Å²) in [4.78, 5) is -0.161. The monoisotopic (exact) mass is 289 g/mol. The molecule has 0 fully saturated rings. The van der Waals surface area contributed by atoms with Crippen molar-refractivity contribution in [2.45, 2.75) is 24.7 Å². The molecule has 2 N–H and O–H groups in total. The maximum atomic E-state index is 10.8. The smallest absolute Gasteiger partial charge is 0.294 e. The molecule has 0 aromatic heterocycles. The van der Waals surface area contributed by atoms with Crippen molar-refractivity contribution in [3.05, 3.63) is 24.3 Å². The fourth-order valence-electron chi connectivity index (χ4n) is 1.17. The first-order valence-corrected chi connectivity index (χ1v) is 7.29. The van der Waals surface area contributed by atoms with Crippen LogP contribution in [-0.2, 0) is 14.9 Å². The van der Waals surface area contributed by atoms with Crippen LogP contribution in [0.1, 0.15) is 19.8 Å². The zero-order chi connectivity index (χ0) is 13.6. The molecular formula is C11H15NO4S2. The molecule has 0 bridgehead atoms. The van der Waals surface area contributed by atoms with Gasteiger partial charge in [0.05, 0.1) is 11.5 Å². The van der Waals surface area contributed by atoms with Crippen molar-refractivity contribution >= 4 is 33.2 Å². The number of unbranched alkanes of at least 4 members (excludes halogenated alkanes) is 1. The van der Waals surface area contributed by atoms with Crippen LogP contribution >= 0.6 is 12.2 Å². The Morgan fingerprint density at radius 1 is 1.39 bits per heavy atom. The van der Waals surface area contributed by atoms with Crippen LogP contribution in [0.4, 0.5) is 5.69 Å². The highest BCUT2D eigenvalue weighted by Crippen LogP contribution is 2.13. The van der Waals surface area contributed by atoms with Gasteiger partial charge < -0.3 is 10.1 Å². The van der Waals surface area contributed by atoms with E-state index in [1.54, 1.807) is 0 Å². The van der Waals surface area contributed by atoms with Crippen molar-refractivity contribution in [1.29, 1.82) is 0 Å². The van der Waals surface area contributed by atoms with Gasteiger partial charge in [-0.05, 0) is 42.9 Å². The van der Waals surface area contributed by atoms with Crippen LogP contribution in [0, 0.1) is 0 Å².